The van der Waals surface area contributed by atoms with Gasteiger partial charge in [-0.2, -0.15) is 0 Å². The van der Waals surface area contributed by atoms with Gasteiger partial charge >= 0.3 is 0 Å². The Morgan fingerprint density at radius 3 is 2.89 bits per heavy atom. The van der Waals surface area contributed by atoms with Crippen LogP contribution in [0, 0.1) is 0 Å². The summed E-state index contributed by atoms with van der Waals surface area (Å²) >= 11 is 0. The minimum absolute atomic E-state index is 0.215. The molecule has 1 unspecified atom stereocenters. The molecule has 0 saturated carbocycles. The quantitative estimate of drug-likeness (QED) is 0.849. The summed E-state index contributed by atoms with van der Waals surface area (Å²) in [7, 11) is 0. The second-order valence-corrected chi connectivity index (χ2v) is 5.27. The predicted octanol–water partition coefficient (Wildman–Crippen LogP) is 1.54. The fourth-order valence-corrected chi connectivity index (χ4v) is 2.43. The molecule has 2 rings (SSSR count). The van der Waals surface area contributed by atoms with E-state index in [-0.39, 0.29) is 11.5 Å². The van der Waals surface area contributed by atoms with Crippen molar-refractivity contribution in [2.75, 3.05) is 6.54 Å². The summed E-state index contributed by atoms with van der Waals surface area (Å²) in [5, 5.41) is 3.10. The second kappa shape index (κ2) is 4.61. The first-order chi connectivity index (χ1) is 8.44. The molecule has 4 heteroatoms. The lowest BCUT2D eigenvalue weighted by Gasteiger charge is -2.21. The molecule has 0 bridgehead atoms. The van der Waals surface area contributed by atoms with Gasteiger partial charge in [-0.3, -0.25) is 4.79 Å². The third kappa shape index (κ3) is 2.34. The summed E-state index contributed by atoms with van der Waals surface area (Å²) in [4.78, 5) is 11.6. The normalized spacial score (nSPS) is 17.9. The van der Waals surface area contributed by atoms with E-state index in [9.17, 15) is 4.79 Å². The van der Waals surface area contributed by atoms with Gasteiger partial charge in [0.25, 0.3) is 0 Å². The lowest BCUT2D eigenvalue weighted by molar-refractivity contribution is -0.120. The molecule has 3 N–H and O–H groups in total. The van der Waals surface area contributed by atoms with E-state index in [1.165, 1.54) is 0 Å². The predicted molar refractivity (Wildman–Crippen MR) is 70.5 cm³/mol. The maximum atomic E-state index is 11.6. The van der Waals surface area contributed by atoms with Crippen molar-refractivity contribution in [2.45, 2.75) is 38.8 Å². The van der Waals surface area contributed by atoms with Gasteiger partial charge in [0.1, 0.15) is 17.4 Å². The zero-order chi connectivity index (χ0) is 13.3. The Labute approximate surface area is 108 Å². The highest BCUT2D eigenvalue weighted by molar-refractivity contribution is 5.82. The van der Waals surface area contributed by atoms with E-state index in [1.807, 2.05) is 39.0 Å². The maximum Gasteiger partial charge on any atom is 0.239 e. The molecule has 0 aliphatic carbocycles. The minimum Gasteiger partial charge on any atom is -0.487 e. The fourth-order valence-electron chi connectivity index (χ4n) is 2.43. The molecule has 1 aliphatic heterocycles. The number of ether oxygens (including phenoxy) is 1. The number of amides is 1. The third-order valence-electron chi connectivity index (χ3n) is 3.13. The topological polar surface area (TPSA) is 64.3 Å². The molecule has 0 saturated heterocycles. The maximum absolute atomic E-state index is 11.6. The van der Waals surface area contributed by atoms with Gasteiger partial charge in [-0.25, -0.2) is 0 Å². The first-order valence-corrected chi connectivity index (χ1v) is 6.28. The van der Waals surface area contributed by atoms with E-state index in [2.05, 4.69) is 5.32 Å². The van der Waals surface area contributed by atoms with Crippen LogP contribution in [0.2, 0.25) is 0 Å². The van der Waals surface area contributed by atoms with Crippen LogP contribution in [0.15, 0.2) is 18.2 Å². The van der Waals surface area contributed by atoms with E-state index in [0.29, 0.717) is 6.54 Å². The Balaban J connectivity index is 2.41. The molecule has 0 fully saturated rings. The van der Waals surface area contributed by atoms with Crippen LogP contribution in [0.4, 0.5) is 0 Å². The Bertz CT molecular complexity index is 469. The highest BCUT2D eigenvalue weighted by Gasteiger charge is 2.34. The molecule has 18 heavy (non-hydrogen) atoms. The molecule has 1 aliphatic rings. The summed E-state index contributed by atoms with van der Waals surface area (Å²) in [6, 6.07) is 5.40. The standard InChI is InChI=1S/C14H20N2O2/c1-4-16-11(13(15)17)10-7-5-6-9-8-14(2,3)18-12(9)10/h5-7,11,16H,4,8H2,1-3H3,(H2,15,17). The highest BCUT2D eigenvalue weighted by Crippen LogP contribution is 2.39. The third-order valence-corrected chi connectivity index (χ3v) is 3.13. The van der Waals surface area contributed by atoms with E-state index < -0.39 is 6.04 Å². The zero-order valence-corrected chi connectivity index (χ0v) is 11.1. The number of hydrogen-bond donors (Lipinski definition) is 2. The first kappa shape index (κ1) is 12.9. The van der Waals surface area contributed by atoms with Crippen molar-refractivity contribution in [1.29, 1.82) is 0 Å². The van der Waals surface area contributed by atoms with Gasteiger partial charge in [0.05, 0.1) is 0 Å². The van der Waals surface area contributed by atoms with Crippen molar-refractivity contribution in [2.24, 2.45) is 5.73 Å². The van der Waals surface area contributed by atoms with Crippen LogP contribution in [0.5, 0.6) is 5.75 Å². The zero-order valence-electron chi connectivity index (χ0n) is 11.1. The molecule has 1 heterocycles. The molecule has 4 nitrogen and oxygen atoms in total. The van der Waals surface area contributed by atoms with Gasteiger partial charge in [0.2, 0.25) is 5.91 Å². The van der Waals surface area contributed by atoms with Gasteiger partial charge in [-0.05, 0) is 26.0 Å². The smallest absolute Gasteiger partial charge is 0.239 e. The number of benzene rings is 1. The van der Waals surface area contributed by atoms with Crippen molar-refractivity contribution >= 4 is 5.91 Å². The minimum atomic E-state index is -0.487. The summed E-state index contributed by atoms with van der Waals surface area (Å²) in [5.74, 6) is 0.436. The average Bonchev–Trinajstić information content (AvgIpc) is 2.59. The van der Waals surface area contributed by atoms with Crippen molar-refractivity contribution in [3.05, 3.63) is 29.3 Å². The Hall–Kier alpha value is -1.55. The number of fused-ring (bicyclic) bond motifs is 1. The van der Waals surface area contributed by atoms with Gasteiger partial charge in [-0.15, -0.1) is 0 Å². The summed E-state index contributed by atoms with van der Waals surface area (Å²) in [5.41, 5.74) is 7.22. The number of likely N-dealkylation sites (N-methyl/N-ethyl adjacent to an activating group) is 1. The van der Waals surface area contributed by atoms with E-state index in [4.69, 9.17) is 10.5 Å². The molecular weight excluding hydrogens is 228 g/mol. The van der Waals surface area contributed by atoms with Crippen LogP contribution in [0.3, 0.4) is 0 Å². The number of nitrogens with one attached hydrogen (secondary N) is 1. The number of carbonyl (C=O) groups excluding carboxylic acids is 1. The molecule has 1 atom stereocenters. The molecular formula is C14H20N2O2. The number of carbonyl (C=O) groups is 1. The fraction of sp³-hybridized carbons (Fsp3) is 0.500. The van der Waals surface area contributed by atoms with Crippen molar-refractivity contribution in [3.8, 4) is 5.75 Å². The van der Waals surface area contributed by atoms with Crippen LogP contribution in [0.25, 0.3) is 0 Å². The van der Waals surface area contributed by atoms with Gasteiger partial charge in [0.15, 0.2) is 0 Å². The molecule has 0 radical (unpaired) electrons. The monoisotopic (exact) mass is 248 g/mol. The van der Waals surface area contributed by atoms with Crippen LogP contribution in [-0.2, 0) is 11.2 Å². The van der Waals surface area contributed by atoms with Crippen molar-refractivity contribution in [3.63, 3.8) is 0 Å². The lowest BCUT2D eigenvalue weighted by Crippen LogP contribution is -2.34. The molecule has 1 aromatic rings. The van der Waals surface area contributed by atoms with Gasteiger partial charge in [0, 0.05) is 12.0 Å². The largest absolute Gasteiger partial charge is 0.487 e. The summed E-state index contributed by atoms with van der Waals surface area (Å²) < 4.78 is 5.96. The number of para-hydroxylation sites is 1. The molecule has 1 amide bonds. The van der Waals surface area contributed by atoms with Crippen molar-refractivity contribution in [1.82, 2.24) is 5.32 Å². The van der Waals surface area contributed by atoms with Crippen LogP contribution in [-0.4, -0.2) is 18.1 Å². The number of hydrogen-bond acceptors (Lipinski definition) is 3. The molecule has 0 aromatic heterocycles. The Morgan fingerprint density at radius 1 is 1.56 bits per heavy atom. The van der Waals surface area contributed by atoms with Crippen LogP contribution >= 0.6 is 0 Å². The summed E-state index contributed by atoms with van der Waals surface area (Å²) in [6.07, 6.45) is 0.855. The van der Waals surface area contributed by atoms with E-state index in [1.54, 1.807) is 0 Å². The number of nitrogens with two attached hydrogens (primary N) is 1. The molecule has 98 valence electrons. The van der Waals surface area contributed by atoms with Gasteiger partial charge in [-0.1, -0.05) is 25.1 Å². The van der Waals surface area contributed by atoms with Crippen LogP contribution in [0.1, 0.15) is 37.9 Å². The van der Waals surface area contributed by atoms with Crippen molar-refractivity contribution < 1.29 is 9.53 Å². The highest BCUT2D eigenvalue weighted by atomic mass is 16.5. The van der Waals surface area contributed by atoms with Crippen LogP contribution < -0.4 is 15.8 Å². The first-order valence-electron chi connectivity index (χ1n) is 6.28. The second-order valence-electron chi connectivity index (χ2n) is 5.27. The molecule has 0 spiro atoms. The lowest BCUT2D eigenvalue weighted by atomic mass is 9.98. The van der Waals surface area contributed by atoms with E-state index in [0.717, 1.165) is 23.3 Å². The summed E-state index contributed by atoms with van der Waals surface area (Å²) in [6.45, 7) is 6.72. The average molecular weight is 248 g/mol. The number of rotatable bonds is 4. The number of primary amides is 1. The Morgan fingerprint density at radius 2 is 2.28 bits per heavy atom. The SMILES string of the molecule is CCNC(C(N)=O)c1cccc2c1OC(C)(C)C2. The Kier molecular flexibility index (Phi) is 3.30. The van der Waals surface area contributed by atoms with E-state index >= 15 is 0 Å². The molecule has 1 aromatic carbocycles. The van der Waals surface area contributed by atoms with Gasteiger partial charge < -0.3 is 15.8 Å².